The van der Waals surface area contributed by atoms with E-state index in [4.69, 9.17) is 37.0 Å². The maximum absolute atomic E-state index is 12.8. The second-order valence-electron chi connectivity index (χ2n) is 21.4. The Morgan fingerprint density at radius 3 is 0.782 bits per heavy atom. The van der Waals surface area contributed by atoms with Gasteiger partial charge in [-0.15, -0.1) is 0 Å². The molecular formula is C59H114O17P2. The lowest BCUT2D eigenvalue weighted by Crippen LogP contribution is -2.30. The van der Waals surface area contributed by atoms with Gasteiger partial charge in [0.05, 0.1) is 26.4 Å². The highest BCUT2D eigenvalue weighted by Gasteiger charge is 2.30. The summed E-state index contributed by atoms with van der Waals surface area (Å²) in [4.78, 5) is 71.2. The molecular weight excluding hydrogens is 1040 g/mol. The highest BCUT2D eigenvalue weighted by molar-refractivity contribution is 7.47. The van der Waals surface area contributed by atoms with Crippen LogP contribution in [0.25, 0.3) is 0 Å². The molecule has 0 aliphatic heterocycles. The number of ether oxygens (including phenoxy) is 4. The fourth-order valence-electron chi connectivity index (χ4n) is 8.75. The van der Waals surface area contributed by atoms with E-state index in [0.717, 1.165) is 83.5 Å². The van der Waals surface area contributed by atoms with Crippen LogP contribution in [0.3, 0.4) is 0 Å². The third-order valence-corrected chi connectivity index (χ3v) is 15.5. The first-order valence-corrected chi connectivity index (χ1v) is 34.3. The van der Waals surface area contributed by atoms with E-state index in [0.29, 0.717) is 25.7 Å². The van der Waals surface area contributed by atoms with Crippen molar-refractivity contribution in [3.05, 3.63) is 0 Å². The minimum absolute atomic E-state index is 0.100. The number of rotatable bonds is 60. The molecule has 0 fully saturated rings. The topological polar surface area (TPSA) is 237 Å². The van der Waals surface area contributed by atoms with Crippen molar-refractivity contribution in [3.8, 4) is 0 Å². The van der Waals surface area contributed by atoms with Gasteiger partial charge < -0.3 is 33.8 Å². The van der Waals surface area contributed by atoms with E-state index in [2.05, 4.69) is 20.8 Å². The summed E-state index contributed by atoms with van der Waals surface area (Å²) in [5, 5.41) is 10.4. The molecule has 5 atom stereocenters. The van der Waals surface area contributed by atoms with Crippen LogP contribution >= 0.6 is 15.6 Å². The van der Waals surface area contributed by atoms with Gasteiger partial charge in [0.25, 0.3) is 0 Å². The van der Waals surface area contributed by atoms with Gasteiger partial charge in [0.1, 0.15) is 19.3 Å². The molecule has 0 rings (SSSR count). The van der Waals surface area contributed by atoms with Gasteiger partial charge in [-0.3, -0.25) is 37.3 Å². The fourth-order valence-corrected chi connectivity index (χ4v) is 10.3. The van der Waals surface area contributed by atoms with Gasteiger partial charge in [0.15, 0.2) is 12.2 Å². The van der Waals surface area contributed by atoms with E-state index >= 15 is 0 Å². The van der Waals surface area contributed by atoms with Gasteiger partial charge in [0, 0.05) is 25.7 Å². The molecule has 78 heavy (non-hydrogen) atoms. The Balaban J connectivity index is 4.92. The Labute approximate surface area is 473 Å². The number of phosphoric acid groups is 2. The summed E-state index contributed by atoms with van der Waals surface area (Å²) < 4.78 is 67.2. The average molecular weight is 1160 g/mol. The molecule has 0 bridgehead atoms. The molecule has 0 amide bonds. The van der Waals surface area contributed by atoms with Crippen LogP contribution in [-0.2, 0) is 65.4 Å². The van der Waals surface area contributed by atoms with Gasteiger partial charge in [-0.2, -0.15) is 0 Å². The number of aliphatic hydroxyl groups is 1. The average Bonchev–Trinajstić information content (AvgIpc) is 3.41. The molecule has 0 aromatic heterocycles. The van der Waals surface area contributed by atoms with Crippen LogP contribution in [0.2, 0.25) is 0 Å². The fraction of sp³-hybridized carbons (Fsp3) is 0.932. The predicted molar refractivity (Wildman–Crippen MR) is 308 cm³/mol. The third-order valence-electron chi connectivity index (χ3n) is 13.6. The van der Waals surface area contributed by atoms with Crippen molar-refractivity contribution in [1.82, 2.24) is 0 Å². The molecule has 0 aromatic carbocycles. The smallest absolute Gasteiger partial charge is 0.462 e. The summed E-state index contributed by atoms with van der Waals surface area (Å²) in [6.07, 6.45) is 38.8. The van der Waals surface area contributed by atoms with Crippen LogP contribution in [0.15, 0.2) is 0 Å². The summed E-state index contributed by atoms with van der Waals surface area (Å²) in [6, 6.07) is 0. The van der Waals surface area contributed by atoms with Crippen LogP contribution < -0.4 is 0 Å². The molecule has 2 unspecified atom stereocenters. The Bertz CT molecular complexity index is 1520. The summed E-state index contributed by atoms with van der Waals surface area (Å²) >= 11 is 0. The maximum Gasteiger partial charge on any atom is 0.472 e. The lowest BCUT2D eigenvalue weighted by atomic mass is 10.0. The first-order valence-electron chi connectivity index (χ1n) is 31.3. The number of esters is 4. The van der Waals surface area contributed by atoms with E-state index in [1.165, 1.54) is 135 Å². The van der Waals surface area contributed by atoms with Gasteiger partial charge in [-0.1, -0.05) is 246 Å². The van der Waals surface area contributed by atoms with Crippen LogP contribution in [-0.4, -0.2) is 96.7 Å². The zero-order chi connectivity index (χ0) is 57.6. The van der Waals surface area contributed by atoms with E-state index in [-0.39, 0.29) is 25.7 Å². The standard InChI is InChI=1S/C59H114O17P2/c1-5-9-13-16-18-20-22-24-26-28-30-32-34-37-40-44-57(62)70-50-55(75-58(63)45-41-36-15-11-7-3)52-74-78(67,68)72-48-53(60)47-71-77(65,66)73-51-54(49-69-56(61)43-39-12-8-4)76-59(64)46-42-38-35-33-31-29-27-25-23-21-19-17-14-10-6-2/h53-55,60H,5-52H2,1-4H3,(H,65,66)(H,67,68)/t53-,54-,55-/m1/s1. The van der Waals surface area contributed by atoms with E-state index in [1.54, 1.807) is 0 Å². The van der Waals surface area contributed by atoms with Crippen molar-refractivity contribution in [2.24, 2.45) is 0 Å². The summed E-state index contributed by atoms with van der Waals surface area (Å²) in [5.41, 5.74) is 0. The molecule has 0 radical (unpaired) electrons. The zero-order valence-electron chi connectivity index (χ0n) is 49.6. The third kappa shape index (κ3) is 53.4. The van der Waals surface area contributed by atoms with Crippen molar-refractivity contribution in [3.63, 3.8) is 0 Å². The number of carbonyl (C=O) groups is 4. The van der Waals surface area contributed by atoms with Crippen molar-refractivity contribution in [2.75, 3.05) is 39.6 Å². The van der Waals surface area contributed by atoms with Gasteiger partial charge in [-0.05, 0) is 25.7 Å². The Morgan fingerprint density at radius 2 is 0.513 bits per heavy atom. The Kier molecular flexibility index (Phi) is 53.0. The SMILES string of the molecule is CCCCCCCCCCCCCCCCCC(=O)OC[C@H](COP(=O)(O)OC[C@H](O)COP(=O)(O)OC[C@@H](COC(=O)CCCCC)OC(=O)CCCCCCCCCCCCCCCCC)OC(=O)CCCCCCC. The number of hydrogen-bond acceptors (Lipinski definition) is 15. The summed E-state index contributed by atoms with van der Waals surface area (Å²) in [6.45, 7) is 4.60. The lowest BCUT2D eigenvalue weighted by molar-refractivity contribution is -0.161. The first-order chi connectivity index (χ1) is 37.7. The second kappa shape index (κ2) is 54.3. The second-order valence-corrected chi connectivity index (χ2v) is 24.3. The van der Waals surface area contributed by atoms with Crippen LogP contribution in [0.5, 0.6) is 0 Å². The minimum atomic E-state index is -4.93. The lowest BCUT2D eigenvalue weighted by Gasteiger charge is -2.21. The molecule has 3 N–H and O–H groups in total. The molecule has 0 saturated heterocycles. The summed E-state index contributed by atoms with van der Waals surface area (Å²) in [5.74, 6) is -2.17. The van der Waals surface area contributed by atoms with Gasteiger partial charge >= 0.3 is 39.5 Å². The van der Waals surface area contributed by atoms with Crippen LogP contribution in [0, 0.1) is 0 Å². The normalized spacial score (nSPS) is 14.3. The molecule has 0 spiro atoms. The van der Waals surface area contributed by atoms with Crippen LogP contribution in [0.4, 0.5) is 0 Å². The first kappa shape index (κ1) is 76.1. The van der Waals surface area contributed by atoms with E-state index in [1.807, 2.05) is 6.92 Å². The largest absolute Gasteiger partial charge is 0.472 e. The van der Waals surface area contributed by atoms with Gasteiger partial charge in [-0.25, -0.2) is 9.13 Å². The van der Waals surface area contributed by atoms with Crippen molar-refractivity contribution in [2.45, 2.75) is 316 Å². The highest BCUT2D eigenvalue weighted by atomic mass is 31.2. The number of hydrogen-bond donors (Lipinski definition) is 3. The molecule has 17 nitrogen and oxygen atoms in total. The molecule has 19 heteroatoms. The number of aliphatic hydroxyl groups excluding tert-OH is 1. The molecule has 0 saturated carbocycles. The Morgan fingerprint density at radius 1 is 0.308 bits per heavy atom. The van der Waals surface area contributed by atoms with E-state index < -0.39 is 97.5 Å². The van der Waals surface area contributed by atoms with Gasteiger partial charge in [0.2, 0.25) is 0 Å². The maximum atomic E-state index is 12.8. The predicted octanol–water partition coefficient (Wildman–Crippen LogP) is 16.0. The van der Waals surface area contributed by atoms with Crippen LogP contribution in [0.1, 0.15) is 297 Å². The zero-order valence-corrected chi connectivity index (χ0v) is 51.4. The number of carbonyl (C=O) groups excluding carboxylic acids is 4. The Hall–Kier alpha value is -1.94. The molecule has 0 aliphatic carbocycles. The minimum Gasteiger partial charge on any atom is -0.462 e. The molecule has 0 heterocycles. The number of phosphoric ester groups is 2. The quantitative estimate of drug-likeness (QED) is 0.0222. The number of unbranched alkanes of at least 4 members (excludes halogenated alkanes) is 34. The van der Waals surface area contributed by atoms with Crippen molar-refractivity contribution < 1.29 is 80.2 Å². The van der Waals surface area contributed by atoms with Crippen molar-refractivity contribution >= 4 is 39.5 Å². The van der Waals surface area contributed by atoms with Crippen molar-refractivity contribution in [1.29, 1.82) is 0 Å². The highest BCUT2D eigenvalue weighted by Crippen LogP contribution is 2.45. The molecule has 0 aromatic rings. The summed E-state index contributed by atoms with van der Waals surface area (Å²) in [7, 11) is -9.85. The monoisotopic (exact) mass is 1160 g/mol. The molecule has 0 aliphatic rings. The van der Waals surface area contributed by atoms with E-state index in [9.17, 15) is 43.2 Å². The molecule has 462 valence electrons.